The van der Waals surface area contributed by atoms with Crippen LogP contribution in [0.2, 0.25) is 0 Å². The minimum absolute atomic E-state index is 0.0140. The van der Waals surface area contributed by atoms with E-state index in [2.05, 4.69) is 22.2 Å². The lowest BCUT2D eigenvalue weighted by Gasteiger charge is -2.21. The Balaban J connectivity index is 1.56. The van der Waals surface area contributed by atoms with Crippen molar-refractivity contribution in [3.8, 4) is 0 Å². The summed E-state index contributed by atoms with van der Waals surface area (Å²) in [5.74, 6) is 0. The van der Waals surface area contributed by atoms with Gasteiger partial charge in [-0.05, 0) is 56.4 Å². The molecule has 1 aliphatic heterocycles. The predicted molar refractivity (Wildman–Crippen MR) is 97.5 cm³/mol. The number of benzene rings is 1. The van der Waals surface area contributed by atoms with Gasteiger partial charge in [0.1, 0.15) is 0 Å². The van der Waals surface area contributed by atoms with Crippen molar-refractivity contribution in [3.05, 3.63) is 48.8 Å². The van der Waals surface area contributed by atoms with Gasteiger partial charge in [0.2, 0.25) is 0 Å². The number of hydrogen-bond acceptors (Lipinski definition) is 4. The molecule has 1 fully saturated rings. The third-order valence-electron chi connectivity index (χ3n) is 4.00. The highest BCUT2D eigenvalue weighted by atomic mass is 32.2. The molecule has 1 aliphatic rings. The van der Waals surface area contributed by atoms with Crippen molar-refractivity contribution >= 4 is 23.5 Å². The largest absolute Gasteiger partial charge is 0.323 e. The Morgan fingerprint density at radius 2 is 1.71 bits per heavy atom. The zero-order valence-corrected chi connectivity index (χ0v) is 14.6. The SMILES string of the molecule is CN1CCCN(C(=O)Nc2ccc(Sc3ccncc3)cc2)CC1. The van der Waals surface area contributed by atoms with Gasteiger partial charge in [-0.15, -0.1) is 0 Å². The van der Waals surface area contributed by atoms with E-state index in [0.29, 0.717) is 0 Å². The van der Waals surface area contributed by atoms with Gasteiger partial charge in [0.05, 0.1) is 0 Å². The molecule has 2 heterocycles. The van der Waals surface area contributed by atoms with Crippen LogP contribution in [0.15, 0.2) is 58.6 Å². The van der Waals surface area contributed by atoms with Gasteiger partial charge in [0.25, 0.3) is 0 Å². The lowest BCUT2D eigenvalue weighted by Crippen LogP contribution is -2.37. The molecule has 24 heavy (non-hydrogen) atoms. The first kappa shape index (κ1) is 16.8. The molecule has 0 bridgehead atoms. The summed E-state index contributed by atoms with van der Waals surface area (Å²) in [7, 11) is 2.10. The number of nitrogens with one attached hydrogen (secondary N) is 1. The summed E-state index contributed by atoms with van der Waals surface area (Å²) in [5, 5.41) is 2.99. The van der Waals surface area contributed by atoms with E-state index < -0.39 is 0 Å². The topological polar surface area (TPSA) is 48.5 Å². The standard InChI is InChI=1S/C18H22N4OS/c1-21-11-2-12-22(14-13-21)18(23)20-15-3-5-16(6-4-15)24-17-7-9-19-10-8-17/h3-10H,2,11-14H2,1H3,(H,20,23). The van der Waals surface area contributed by atoms with Crippen LogP contribution in [-0.4, -0.2) is 54.0 Å². The van der Waals surface area contributed by atoms with E-state index in [1.807, 2.05) is 41.3 Å². The first-order valence-corrected chi connectivity index (χ1v) is 8.95. The number of nitrogens with zero attached hydrogens (tertiary/aromatic N) is 3. The molecule has 2 amide bonds. The molecule has 5 nitrogen and oxygen atoms in total. The van der Waals surface area contributed by atoms with Crippen molar-refractivity contribution in [2.75, 3.05) is 38.5 Å². The Labute approximate surface area is 147 Å². The van der Waals surface area contributed by atoms with Crippen molar-refractivity contribution in [3.63, 3.8) is 0 Å². The van der Waals surface area contributed by atoms with Crippen LogP contribution in [0.4, 0.5) is 10.5 Å². The van der Waals surface area contributed by atoms with E-state index in [1.165, 1.54) is 0 Å². The van der Waals surface area contributed by atoms with E-state index in [9.17, 15) is 4.79 Å². The Kier molecular flexibility index (Phi) is 5.72. The average Bonchev–Trinajstić information content (AvgIpc) is 2.82. The van der Waals surface area contributed by atoms with Gasteiger partial charge in [0.15, 0.2) is 0 Å². The molecule has 0 spiro atoms. The van der Waals surface area contributed by atoms with Gasteiger partial charge in [-0.2, -0.15) is 0 Å². The predicted octanol–water partition coefficient (Wildman–Crippen LogP) is 3.40. The number of urea groups is 1. The maximum absolute atomic E-state index is 12.4. The monoisotopic (exact) mass is 342 g/mol. The molecule has 2 aromatic rings. The minimum atomic E-state index is -0.0140. The van der Waals surface area contributed by atoms with Gasteiger partial charge in [-0.1, -0.05) is 11.8 Å². The van der Waals surface area contributed by atoms with Crippen LogP contribution in [0, 0.1) is 0 Å². The minimum Gasteiger partial charge on any atom is -0.323 e. The number of anilines is 1. The number of hydrogen-bond donors (Lipinski definition) is 1. The van der Waals surface area contributed by atoms with Gasteiger partial charge in [-0.25, -0.2) is 4.79 Å². The third-order valence-corrected chi connectivity index (χ3v) is 5.01. The molecule has 126 valence electrons. The average molecular weight is 342 g/mol. The fourth-order valence-electron chi connectivity index (χ4n) is 2.60. The van der Waals surface area contributed by atoms with E-state index in [-0.39, 0.29) is 6.03 Å². The Morgan fingerprint density at radius 1 is 1.00 bits per heavy atom. The van der Waals surface area contributed by atoms with Gasteiger partial charge >= 0.3 is 6.03 Å². The number of aromatic nitrogens is 1. The molecule has 6 heteroatoms. The summed E-state index contributed by atoms with van der Waals surface area (Å²) < 4.78 is 0. The third kappa shape index (κ3) is 4.72. The van der Waals surface area contributed by atoms with E-state index in [1.54, 1.807) is 24.2 Å². The Hall–Kier alpha value is -2.05. The lowest BCUT2D eigenvalue weighted by molar-refractivity contribution is 0.213. The van der Waals surface area contributed by atoms with Crippen molar-refractivity contribution in [1.29, 1.82) is 0 Å². The van der Waals surface area contributed by atoms with Crippen LogP contribution in [-0.2, 0) is 0 Å². The molecule has 1 aromatic carbocycles. The Morgan fingerprint density at radius 3 is 2.46 bits per heavy atom. The van der Waals surface area contributed by atoms with Gasteiger partial charge < -0.3 is 15.1 Å². The lowest BCUT2D eigenvalue weighted by atomic mass is 10.3. The van der Waals surface area contributed by atoms with E-state index in [4.69, 9.17) is 0 Å². The molecule has 1 saturated heterocycles. The molecule has 0 saturated carbocycles. The van der Waals surface area contributed by atoms with Crippen LogP contribution >= 0.6 is 11.8 Å². The van der Waals surface area contributed by atoms with Crippen LogP contribution in [0.25, 0.3) is 0 Å². The van der Waals surface area contributed by atoms with Gasteiger partial charge in [-0.3, -0.25) is 4.98 Å². The van der Waals surface area contributed by atoms with Crippen LogP contribution < -0.4 is 5.32 Å². The summed E-state index contributed by atoms with van der Waals surface area (Å²) in [4.78, 5) is 22.8. The Bertz CT molecular complexity index is 662. The summed E-state index contributed by atoms with van der Waals surface area (Å²) in [6.45, 7) is 3.56. The second kappa shape index (κ2) is 8.17. The fourth-order valence-corrected chi connectivity index (χ4v) is 3.40. The molecule has 0 atom stereocenters. The maximum Gasteiger partial charge on any atom is 0.321 e. The number of rotatable bonds is 3. The smallest absolute Gasteiger partial charge is 0.321 e. The summed E-state index contributed by atoms with van der Waals surface area (Å²) in [6.07, 6.45) is 4.59. The quantitative estimate of drug-likeness (QED) is 0.929. The van der Waals surface area contributed by atoms with Gasteiger partial charge in [0, 0.05) is 47.5 Å². The highest BCUT2D eigenvalue weighted by molar-refractivity contribution is 7.99. The molecule has 0 radical (unpaired) electrons. The number of amides is 2. The van der Waals surface area contributed by atoms with Crippen molar-refractivity contribution in [1.82, 2.24) is 14.8 Å². The van der Waals surface area contributed by atoms with Crippen LogP contribution in [0.1, 0.15) is 6.42 Å². The second-order valence-corrected chi connectivity index (χ2v) is 7.03. The highest BCUT2D eigenvalue weighted by Gasteiger charge is 2.17. The molecule has 3 rings (SSSR count). The number of likely N-dealkylation sites (N-methyl/N-ethyl adjacent to an activating group) is 1. The number of carbonyl (C=O) groups is 1. The van der Waals surface area contributed by atoms with E-state index in [0.717, 1.165) is 48.1 Å². The maximum atomic E-state index is 12.4. The van der Waals surface area contributed by atoms with Crippen LogP contribution in [0.3, 0.4) is 0 Å². The number of pyridine rings is 1. The first-order valence-electron chi connectivity index (χ1n) is 8.13. The molecule has 0 unspecified atom stereocenters. The molecular weight excluding hydrogens is 320 g/mol. The molecule has 0 aliphatic carbocycles. The van der Waals surface area contributed by atoms with Crippen molar-refractivity contribution in [2.24, 2.45) is 0 Å². The first-order chi connectivity index (χ1) is 11.7. The summed E-state index contributed by atoms with van der Waals surface area (Å²) >= 11 is 1.68. The van der Waals surface area contributed by atoms with E-state index >= 15 is 0 Å². The fraction of sp³-hybridized carbons (Fsp3) is 0.333. The van der Waals surface area contributed by atoms with Crippen LogP contribution in [0.5, 0.6) is 0 Å². The molecular formula is C18H22N4OS. The summed E-state index contributed by atoms with van der Waals surface area (Å²) in [5.41, 5.74) is 0.830. The summed E-state index contributed by atoms with van der Waals surface area (Å²) in [6, 6.07) is 11.9. The van der Waals surface area contributed by atoms with Crippen molar-refractivity contribution < 1.29 is 4.79 Å². The second-order valence-electron chi connectivity index (χ2n) is 5.88. The molecule has 1 aromatic heterocycles. The zero-order chi connectivity index (χ0) is 16.8. The highest BCUT2D eigenvalue weighted by Crippen LogP contribution is 2.27. The molecule has 1 N–H and O–H groups in total. The van der Waals surface area contributed by atoms with Crippen molar-refractivity contribution in [2.45, 2.75) is 16.2 Å². The number of carbonyl (C=O) groups excluding carboxylic acids is 1. The zero-order valence-electron chi connectivity index (χ0n) is 13.8. The normalized spacial score (nSPS) is 15.8.